The standard InChI is InChI=1S/C19H31ClN4O3/c1-6-7-15(25)14-10-13-11-22-18(20)23-16(13)24(14)9-8-21-17(26)12(2)27-19(3,4)5/h10-12,15,17,21,25-26H,6-9H2,1-5H3. The Morgan fingerprint density at radius 3 is 2.67 bits per heavy atom. The molecular weight excluding hydrogens is 368 g/mol. The number of halogens is 1. The van der Waals surface area contributed by atoms with E-state index in [0.717, 1.165) is 17.5 Å². The highest BCUT2D eigenvalue weighted by atomic mass is 35.5. The van der Waals surface area contributed by atoms with Gasteiger partial charge in [0.2, 0.25) is 5.28 Å². The monoisotopic (exact) mass is 398 g/mol. The van der Waals surface area contributed by atoms with Crippen molar-refractivity contribution in [1.29, 1.82) is 0 Å². The summed E-state index contributed by atoms with van der Waals surface area (Å²) in [6.45, 7) is 10.7. The third-order valence-electron chi connectivity index (χ3n) is 4.21. The Balaban J connectivity index is 2.12. The van der Waals surface area contributed by atoms with Crippen LogP contribution in [0.2, 0.25) is 5.28 Å². The van der Waals surface area contributed by atoms with Crippen LogP contribution in [-0.4, -0.2) is 49.2 Å². The maximum atomic E-state index is 10.5. The van der Waals surface area contributed by atoms with Crippen LogP contribution in [0.15, 0.2) is 12.3 Å². The minimum Gasteiger partial charge on any atom is -0.387 e. The summed E-state index contributed by atoms with van der Waals surface area (Å²) in [6, 6.07) is 1.90. The van der Waals surface area contributed by atoms with E-state index in [9.17, 15) is 10.2 Å². The summed E-state index contributed by atoms with van der Waals surface area (Å²) in [5.74, 6) is 0. The van der Waals surface area contributed by atoms with E-state index in [2.05, 4.69) is 15.3 Å². The highest BCUT2D eigenvalue weighted by Crippen LogP contribution is 2.26. The number of aromatic nitrogens is 3. The van der Waals surface area contributed by atoms with Crippen molar-refractivity contribution in [1.82, 2.24) is 19.9 Å². The second-order valence-electron chi connectivity index (χ2n) is 7.78. The normalized spacial score (nSPS) is 15.9. The highest BCUT2D eigenvalue weighted by Gasteiger charge is 2.22. The smallest absolute Gasteiger partial charge is 0.224 e. The van der Waals surface area contributed by atoms with E-state index in [0.29, 0.717) is 25.2 Å². The van der Waals surface area contributed by atoms with E-state index in [1.165, 1.54) is 0 Å². The van der Waals surface area contributed by atoms with Gasteiger partial charge in [-0.25, -0.2) is 4.98 Å². The molecule has 0 aromatic carbocycles. The summed E-state index contributed by atoms with van der Waals surface area (Å²) in [5.41, 5.74) is 1.12. The van der Waals surface area contributed by atoms with Crippen molar-refractivity contribution in [2.45, 2.75) is 78.0 Å². The molecule has 152 valence electrons. The van der Waals surface area contributed by atoms with Crippen LogP contribution in [0.5, 0.6) is 0 Å². The molecule has 3 N–H and O–H groups in total. The van der Waals surface area contributed by atoms with E-state index in [1.807, 2.05) is 45.3 Å². The SMILES string of the molecule is CCCC(O)c1cc2cnc(Cl)nc2n1CCNC(O)C(C)OC(C)(C)C. The molecule has 27 heavy (non-hydrogen) atoms. The molecule has 0 aliphatic rings. The highest BCUT2D eigenvalue weighted by molar-refractivity contribution is 6.28. The third-order valence-corrected chi connectivity index (χ3v) is 4.40. The van der Waals surface area contributed by atoms with Crippen molar-refractivity contribution in [3.8, 4) is 0 Å². The maximum absolute atomic E-state index is 10.5. The van der Waals surface area contributed by atoms with Crippen LogP contribution in [-0.2, 0) is 11.3 Å². The Bertz CT molecular complexity index is 744. The molecule has 2 aromatic heterocycles. The molecule has 2 rings (SSSR count). The van der Waals surface area contributed by atoms with Crippen LogP contribution >= 0.6 is 11.6 Å². The lowest BCUT2D eigenvalue weighted by Crippen LogP contribution is -2.44. The molecule has 0 saturated carbocycles. The number of hydrogen-bond acceptors (Lipinski definition) is 6. The minimum absolute atomic E-state index is 0.165. The molecule has 2 aromatic rings. The maximum Gasteiger partial charge on any atom is 0.224 e. The van der Waals surface area contributed by atoms with Gasteiger partial charge in [0, 0.05) is 30.4 Å². The van der Waals surface area contributed by atoms with Gasteiger partial charge in [0.25, 0.3) is 0 Å². The summed E-state index contributed by atoms with van der Waals surface area (Å²) in [5, 5.41) is 24.9. The van der Waals surface area contributed by atoms with Gasteiger partial charge in [0.15, 0.2) is 0 Å². The number of rotatable bonds is 9. The first-order valence-corrected chi connectivity index (χ1v) is 9.79. The van der Waals surface area contributed by atoms with Gasteiger partial charge in [0.1, 0.15) is 11.9 Å². The number of aliphatic hydroxyl groups excluding tert-OH is 2. The quantitative estimate of drug-likeness (QED) is 0.444. The summed E-state index contributed by atoms with van der Waals surface area (Å²) in [7, 11) is 0. The molecule has 0 fully saturated rings. The Morgan fingerprint density at radius 1 is 1.33 bits per heavy atom. The molecular formula is C19H31ClN4O3. The molecule has 3 unspecified atom stereocenters. The average Bonchev–Trinajstić information content (AvgIpc) is 2.91. The zero-order chi connectivity index (χ0) is 20.2. The van der Waals surface area contributed by atoms with Gasteiger partial charge in [-0.05, 0) is 51.8 Å². The van der Waals surface area contributed by atoms with Crippen molar-refractivity contribution >= 4 is 22.6 Å². The topological polar surface area (TPSA) is 92.4 Å². The third kappa shape index (κ3) is 6.12. The fourth-order valence-electron chi connectivity index (χ4n) is 3.08. The first kappa shape index (κ1) is 22.0. The van der Waals surface area contributed by atoms with Gasteiger partial charge in [-0.1, -0.05) is 13.3 Å². The van der Waals surface area contributed by atoms with Gasteiger partial charge in [0.05, 0.1) is 17.8 Å². The molecule has 0 aliphatic carbocycles. The zero-order valence-electron chi connectivity index (χ0n) is 16.7. The molecule has 0 spiro atoms. The lowest BCUT2D eigenvalue weighted by Gasteiger charge is -2.28. The van der Waals surface area contributed by atoms with E-state index in [4.69, 9.17) is 16.3 Å². The van der Waals surface area contributed by atoms with E-state index >= 15 is 0 Å². The van der Waals surface area contributed by atoms with Crippen LogP contribution in [0.1, 0.15) is 59.3 Å². The van der Waals surface area contributed by atoms with Crippen LogP contribution in [0.4, 0.5) is 0 Å². The molecule has 0 saturated heterocycles. The van der Waals surface area contributed by atoms with Crippen LogP contribution < -0.4 is 5.32 Å². The molecule has 0 radical (unpaired) electrons. The predicted molar refractivity (Wildman–Crippen MR) is 107 cm³/mol. The van der Waals surface area contributed by atoms with E-state index in [-0.39, 0.29) is 17.0 Å². The molecule has 0 bridgehead atoms. The Hall–Kier alpha value is -1.25. The summed E-state index contributed by atoms with van der Waals surface area (Å²) in [4.78, 5) is 8.33. The fraction of sp³-hybridized carbons (Fsp3) is 0.684. The Morgan fingerprint density at radius 2 is 2.04 bits per heavy atom. The summed E-state index contributed by atoms with van der Waals surface area (Å²) < 4.78 is 7.70. The van der Waals surface area contributed by atoms with Gasteiger partial charge in [-0.3, -0.25) is 5.32 Å². The van der Waals surface area contributed by atoms with E-state index in [1.54, 1.807) is 6.20 Å². The van der Waals surface area contributed by atoms with Crippen LogP contribution in [0, 0.1) is 0 Å². The number of nitrogens with one attached hydrogen (secondary N) is 1. The van der Waals surface area contributed by atoms with Crippen molar-refractivity contribution in [2.75, 3.05) is 6.54 Å². The van der Waals surface area contributed by atoms with Gasteiger partial charge < -0.3 is 19.5 Å². The first-order chi connectivity index (χ1) is 12.6. The lowest BCUT2D eigenvalue weighted by molar-refractivity contribution is -0.110. The first-order valence-electron chi connectivity index (χ1n) is 9.41. The van der Waals surface area contributed by atoms with E-state index < -0.39 is 12.3 Å². The van der Waals surface area contributed by atoms with Crippen molar-refractivity contribution < 1.29 is 14.9 Å². The fourth-order valence-corrected chi connectivity index (χ4v) is 3.21. The molecule has 7 nitrogen and oxygen atoms in total. The largest absolute Gasteiger partial charge is 0.387 e. The number of aliphatic hydroxyl groups is 2. The minimum atomic E-state index is -0.798. The van der Waals surface area contributed by atoms with Gasteiger partial charge >= 0.3 is 0 Å². The lowest BCUT2D eigenvalue weighted by atomic mass is 10.1. The number of hydrogen-bond donors (Lipinski definition) is 3. The van der Waals surface area contributed by atoms with Crippen LogP contribution in [0.25, 0.3) is 11.0 Å². The molecule has 8 heteroatoms. The number of ether oxygens (including phenoxy) is 1. The molecule has 2 heterocycles. The second kappa shape index (κ2) is 9.30. The predicted octanol–water partition coefficient (Wildman–Crippen LogP) is 3.03. The molecule has 3 atom stereocenters. The van der Waals surface area contributed by atoms with Crippen molar-refractivity contribution in [3.05, 3.63) is 23.2 Å². The number of nitrogens with zero attached hydrogens (tertiary/aromatic N) is 3. The van der Waals surface area contributed by atoms with Gasteiger partial charge in [-0.15, -0.1) is 0 Å². The summed E-state index contributed by atoms with van der Waals surface area (Å²) >= 11 is 5.96. The molecule has 0 amide bonds. The Labute approximate surface area is 165 Å². The second-order valence-corrected chi connectivity index (χ2v) is 8.12. The average molecular weight is 399 g/mol. The molecule has 0 aliphatic heterocycles. The Kier molecular flexibility index (Phi) is 7.59. The van der Waals surface area contributed by atoms with Crippen molar-refractivity contribution in [2.24, 2.45) is 0 Å². The van der Waals surface area contributed by atoms with Crippen molar-refractivity contribution in [3.63, 3.8) is 0 Å². The summed E-state index contributed by atoms with van der Waals surface area (Å²) in [6.07, 6.45) is 1.44. The van der Waals surface area contributed by atoms with Crippen LogP contribution in [0.3, 0.4) is 0 Å². The number of fused-ring (bicyclic) bond motifs is 1. The van der Waals surface area contributed by atoms with Gasteiger partial charge in [-0.2, -0.15) is 4.98 Å². The zero-order valence-corrected chi connectivity index (χ0v) is 17.5.